The van der Waals surface area contributed by atoms with Crippen LogP contribution in [-0.2, 0) is 14.3 Å². The van der Waals surface area contributed by atoms with E-state index in [2.05, 4.69) is 5.32 Å². The molecule has 98 valence electrons. The van der Waals surface area contributed by atoms with Gasteiger partial charge in [-0.2, -0.15) is 0 Å². The van der Waals surface area contributed by atoms with Crippen LogP contribution < -0.4 is 5.32 Å². The van der Waals surface area contributed by atoms with Crippen LogP contribution in [-0.4, -0.2) is 35.2 Å². The van der Waals surface area contributed by atoms with Crippen LogP contribution in [0.2, 0.25) is 0 Å². The molecule has 1 atom stereocenters. The van der Waals surface area contributed by atoms with Crippen molar-refractivity contribution in [2.24, 2.45) is 5.41 Å². The lowest BCUT2D eigenvalue weighted by molar-refractivity contribution is -0.152. The first kappa shape index (κ1) is 14.0. The van der Waals surface area contributed by atoms with E-state index in [0.29, 0.717) is 13.0 Å². The summed E-state index contributed by atoms with van der Waals surface area (Å²) in [7, 11) is 0. The number of hydrogen-bond donors (Lipinski definition) is 2. The van der Waals surface area contributed by atoms with Crippen LogP contribution >= 0.6 is 0 Å². The van der Waals surface area contributed by atoms with Crippen molar-refractivity contribution < 1.29 is 19.4 Å². The fourth-order valence-electron chi connectivity index (χ4n) is 1.60. The summed E-state index contributed by atoms with van der Waals surface area (Å²) in [5, 5.41) is 11.9. The van der Waals surface area contributed by atoms with Crippen molar-refractivity contribution in [3.05, 3.63) is 0 Å². The zero-order valence-electron chi connectivity index (χ0n) is 10.9. The Bertz CT molecular complexity index is 316. The normalized spacial score (nSPS) is 21.3. The first-order chi connectivity index (χ1) is 7.68. The monoisotopic (exact) mass is 243 g/mol. The first-order valence-electron chi connectivity index (χ1n) is 5.85. The van der Waals surface area contributed by atoms with E-state index in [1.54, 1.807) is 27.7 Å². The van der Waals surface area contributed by atoms with Crippen LogP contribution in [0.3, 0.4) is 0 Å². The fourth-order valence-corrected chi connectivity index (χ4v) is 1.60. The van der Waals surface area contributed by atoms with Gasteiger partial charge in [0, 0.05) is 6.61 Å². The van der Waals surface area contributed by atoms with Gasteiger partial charge in [-0.25, -0.2) is 0 Å². The van der Waals surface area contributed by atoms with Crippen LogP contribution in [0.25, 0.3) is 0 Å². The highest BCUT2D eigenvalue weighted by Crippen LogP contribution is 2.31. The molecule has 1 aliphatic rings. The number of nitrogens with one attached hydrogen (secondary N) is 1. The molecule has 0 aromatic heterocycles. The van der Waals surface area contributed by atoms with Gasteiger partial charge in [-0.05, 0) is 40.5 Å². The Kier molecular flexibility index (Phi) is 3.81. The van der Waals surface area contributed by atoms with Gasteiger partial charge in [0.15, 0.2) is 0 Å². The largest absolute Gasteiger partial charge is 0.481 e. The Morgan fingerprint density at radius 2 is 1.88 bits per heavy atom. The van der Waals surface area contributed by atoms with Crippen molar-refractivity contribution in [3.8, 4) is 0 Å². The van der Waals surface area contributed by atoms with E-state index in [0.717, 1.165) is 6.42 Å². The van der Waals surface area contributed by atoms with Gasteiger partial charge in [-0.1, -0.05) is 0 Å². The molecule has 5 nitrogen and oxygen atoms in total. The van der Waals surface area contributed by atoms with Gasteiger partial charge >= 0.3 is 5.97 Å². The van der Waals surface area contributed by atoms with Crippen LogP contribution in [0.5, 0.6) is 0 Å². The molecule has 1 heterocycles. The third-order valence-electron chi connectivity index (χ3n) is 3.75. The molecule has 2 N–H and O–H groups in total. The van der Waals surface area contributed by atoms with E-state index in [1.807, 2.05) is 0 Å². The molecule has 0 aromatic rings. The summed E-state index contributed by atoms with van der Waals surface area (Å²) in [6.45, 7) is 7.24. The summed E-state index contributed by atoms with van der Waals surface area (Å²) < 4.78 is 5.27. The molecule has 1 fully saturated rings. The maximum absolute atomic E-state index is 11.9. The smallest absolute Gasteiger partial charge is 0.311 e. The number of hydrogen-bond acceptors (Lipinski definition) is 3. The van der Waals surface area contributed by atoms with E-state index in [-0.39, 0.29) is 5.91 Å². The number of rotatable bonds is 4. The van der Waals surface area contributed by atoms with Crippen LogP contribution in [0.1, 0.15) is 40.5 Å². The molecule has 0 spiro atoms. The second kappa shape index (κ2) is 4.64. The minimum Gasteiger partial charge on any atom is -0.481 e. The standard InChI is InChI=1S/C12H21NO4/c1-11(2,10(15)16)12(3,4)13-9(14)8-6-5-7-17-8/h8H,5-7H2,1-4H3,(H,13,14)(H,15,16). The summed E-state index contributed by atoms with van der Waals surface area (Å²) in [4.78, 5) is 23.1. The average molecular weight is 243 g/mol. The second-order valence-corrected chi connectivity index (χ2v) is 5.55. The van der Waals surface area contributed by atoms with Crippen molar-refractivity contribution in [1.29, 1.82) is 0 Å². The predicted molar refractivity (Wildman–Crippen MR) is 62.6 cm³/mol. The Morgan fingerprint density at radius 3 is 2.29 bits per heavy atom. The fraction of sp³-hybridized carbons (Fsp3) is 0.833. The Balaban J connectivity index is 2.71. The predicted octanol–water partition coefficient (Wildman–Crippen LogP) is 1.17. The highest BCUT2D eigenvalue weighted by molar-refractivity contribution is 5.83. The highest BCUT2D eigenvalue weighted by Gasteiger charge is 2.45. The molecular formula is C12H21NO4. The van der Waals surface area contributed by atoms with Crippen molar-refractivity contribution >= 4 is 11.9 Å². The van der Waals surface area contributed by atoms with Crippen molar-refractivity contribution in [1.82, 2.24) is 5.32 Å². The van der Waals surface area contributed by atoms with Gasteiger partial charge in [0.2, 0.25) is 5.91 Å². The Morgan fingerprint density at radius 1 is 1.29 bits per heavy atom. The lowest BCUT2D eigenvalue weighted by Gasteiger charge is -2.39. The van der Waals surface area contributed by atoms with Crippen molar-refractivity contribution in [3.63, 3.8) is 0 Å². The zero-order chi connectivity index (χ0) is 13.3. The van der Waals surface area contributed by atoms with E-state index >= 15 is 0 Å². The summed E-state index contributed by atoms with van der Waals surface area (Å²) >= 11 is 0. The third-order valence-corrected chi connectivity index (χ3v) is 3.75. The summed E-state index contributed by atoms with van der Waals surface area (Å²) in [6.07, 6.45) is 1.15. The Hall–Kier alpha value is -1.10. The molecule has 0 saturated carbocycles. The lowest BCUT2D eigenvalue weighted by Crippen LogP contribution is -2.58. The SMILES string of the molecule is CC(C)(NC(=O)C1CCCO1)C(C)(C)C(=O)O. The van der Waals surface area contributed by atoms with Gasteiger partial charge in [-0.15, -0.1) is 0 Å². The van der Waals surface area contributed by atoms with Gasteiger partial charge in [0.25, 0.3) is 0 Å². The molecule has 1 saturated heterocycles. The van der Waals surface area contributed by atoms with Crippen molar-refractivity contribution in [2.75, 3.05) is 6.61 Å². The molecule has 0 radical (unpaired) electrons. The summed E-state index contributed by atoms with van der Waals surface area (Å²) in [5.74, 6) is -1.16. The van der Waals surface area contributed by atoms with Gasteiger partial charge in [0.05, 0.1) is 11.0 Å². The molecule has 17 heavy (non-hydrogen) atoms. The number of aliphatic carboxylic acids is 1. The van der Waals surface area contributed by atoms with E-state index < -0.39 is 23.0 Å². The van der Waals surface area contributed by atoms with Crippen LogP contribution in [0.4, 0.5) is 0 Å². The number of carboxylic acid groups (broad SMARTS) is 1. The second-order valence-electron chi connectivity index (χ2n) is 5.55. The topological polar surface area (TPSA) is 75.6 Å². The van der Waals surface area contributed by atoms with E-state index in [9.17, 15) is 14.7 Å². The van der Waals surface area contributed by atoms with Crippen molar-refractivity contribution in [2.45, 2.75) is 52.2 Å². The van der Waals surface area contributed by atoms with Crippen LogP contribution in [0.15, 0.2) is 0 Å². The quantitative estimate of drug-likeness (QED) is 0.777. The van der Waals surface area contributed by atoms with E-state index in [4.69, 9.17) is 4.74 Å². The molecule has 1 unspecified atom stereocenters. The maximum atomic E-state index is 11.9. The van der Waals surface area contributed by atoms with E-state index in [1.165, 1.54) is 0 Å². The molecule has 0 bridgehead atoms. The summed E-state index contributed by atoms with van der Waals surface area (Å²) in [5.41, 5.74) is -1.87. The zero-order valence-corrected chi connectivity index (χ0v) is 10.9. The molecule has 0 aliphatic carbocycles. The number of amides is 1. The Labute approximate surface area is 102 Å². The molecule has 0 aromatic carbocycles. The minimum absolute atomic E-state index is 0.221. The summed E-state index contributed by atoms with van der Waals surface area (Å²) in [6, 6.07) is 0. The van der Waals surface area contributed by atoms with Gasteiger partial charge < -0.3 is 15.2 Å². The van der Waals surface area contributed by atoms with Crippen LogP contribution in [0, 0.1) is 5.41 Å². The number of carboxylic acids is 1. The molecule has 1 aliphatic heterocycles. The minimum atomic E-state index is -1.04. The highest BCUT2D eigenvalue weighted by atomic mass is 16.5. The lowest BCUT2D eigenvalue weighted by atomic mass is 9.74. The number of carbonyl (C=O) groups excluding carboxylic acids is 1. The number of ether oxygens (including phenoxy) is 1. The third kappa shape index (κ3) is 2.77. The molecule has 1 amide bonds. The average Bonchev–Trinajstić information content (AvgIpc) is 2.68. The first-order valence-corrected chi connectivity index (χ1v) is 5.85. The molecular weight excluding hydrogens is 222 g/mol. The van der Waals surface area contributed by atoms with Gasteiger partial charge in [-0.3, -0.25) is 9.59 Å². The number of carbonyl (C=O) groups is 2. The maximum Gasteiger partial charge on any atom is 0.311 e. The molecule has 5 heteroatoms. The molecule has 1 rings (SSSR count). The van der Waals surface area contributed by atoms with Gasteiger partial charge in [0.1, 0.15) is 6.10 Å².